The second kappa shape index (κ2) is 5.81. The molecule has 0 amide bonds. The first-order chi connectivity index (χ1) is 11.7. The quantitative estimate of drug-likeness (QED) is 0.715. The van der Waals surface area contributed by atoms with Gasteiger partial charge in [0.2, 0.25) is 0 Å². The van der Waals surface area contributed by atoms with Crippen LogP contribution in [0.15, 0.2) is 36.7 Å². The van der Waals surface area contributed by atoms with Gasteiger partial charge in [0.1, 0.15) is 17.6 Å². The first-order valence-corrected chi connectivity index (χ1v) is 7.92. The number of fused-ring (bicyclic) bond motifs is 1. The molecule has 3 aromatic heterocycles. The summed E-state index contributed by atoms with van der Waals surface area (Å²) in [5.74, 6) is 0.970. The van der Waals surface area contributed by atoms with Crippen LogP contribution >= 0.6 is 0 Å². The summed E-state index contributed by atoms with van der Waals surface area (Å²) in [6.45, 7) is 5.56. The van der Waals surface area contributed by atoms with E-state index in [1.165, 1.54) is 0 Å². The summed E-state index contributed by atoms with van der Waals surface area (Å²) in [7, 11) is 0. The van der Waals surface area contributed by atoms with Crippen molar-refractivity contribution in [1.29, 1.82) is 5.26 Å². The molecule has 0 aliphatic carbocycles. The lowest BCUT2D eigenvalue weighted by Crippen LogP contribution is -2.47. The predicted octanol–water partition coefficient (Wildman–Crippen LogP) is 1.63. The molecule has 0 atom stereocenters. The van der Waals surface area contributed by atoms with Crippen LogP contribution in [0.5, 0.6) is 0 Å². The van der Waals surface area contributed by atoms with Crippen molar-refractivity contribution in [2.24, 2.45) is 0 Å². The van der Waals surface area contributed by atoms with Gasteiger partial charge in [-0.2, -0.15) is 5.26 Å². The lowest BCUT2D eigenvalue weighted by atomic mass is 10.2. The maximum absolute atomic E-state index is 8.83. The van der Waals surface area contributed by atoms with Gasteiger partial charge in [-0.15, -0.1) is 5.10 Å². The Labute approximate surface area is 139 Å². The average molecular weight is 319 g/mol. The third-order valence-corrected chi connectivity index (χ3v) is 4.26. The molecule has 4 rings (SSSR count). The van der Waals surface area contributed by atoms with Gasteiger partial charge in [-0.1, -0.05) is 0 Å². The van der Waals surface area contributed by atoms with E-state index in [2.05, 4.69) is 24.9 Å². The van der Waals surface area contributed by atoms with E-state index in [-0.39, 0.29) is 0 Å². The van der Waals surface area contributed by atoms with E-state index in [0.29, 0.717) is 5.69 Å². The molecule has 0 radical (unpaired) electrons. The van der Waals surface area contributed by atoms with Crippen molar-refractivity contribution in [3.63, 3.8) is 0 Å². The van der Waals surface area contributed by atoms with Crippen molar-refractivity contribution in [2.45, 2.75) is 6.92 Å². The van der Waals surface area contributed by atoms with Gasteiger partial charge in [-0.05, 0) is 31.2 Å². The molecule has 3 aromatic rings. The molecule has 1 aliphatic heterocycles. The first-order valence-electron chi connectivity index (χ1n) is 7.92. The van der Waals surface area contributed by atoms with Crippen LogP contribution in [0.1, 0.15) is 11.4 Å². The predicted molar refractivity (Wildman–Crippen MR) is 91.1 cm³/mol. The van der Waals surface area contributed by atoms with E-state index >= 15 is 0 Å². The van der Waals surface area contributed by atoms with Crippen LogP contribution in [0.25, 0.3) is 5.65 Å². The number of nitriles is 1. The number of nitrogens with zero attached hydrogens (tertiary/aromatic N) is 7. The fourth-order valence-electron chi connectivity index (χ4n) is 2.99. The van der Waals surface area contributed by atoms with Crippen LogP contribution in [-0.2, 0) is 0 Å². The van der Waals surface area contributed by atoms with Crippen molar-refractivity contribution in [2.75, 3.05) is 36.0 Å². The molecule has 0 bridgehead atoms. The summed E-state index contributed by atoms with van der Waals surface area (Å²) in [6.07, 6.45) is 3.71. The van der Waals surface area contributed by atoms with Crippen LogP contribution in [0.2, 0.25) is 0 Å². The number of aromatic nitrogens is 4. The molecule has 1 saturated heterocycles. The Morgan fingerprint density at radius 1 is 1.04 bits per heavy atom. The summed E-state index contributed by atoms with van der Waals surface area (Å²) in [6, 6.07) is 9.80. The number of pyridine rings is 1. The Kier molecular flexibility index (Phi) is 3.50. The van der Waals surface area contributed by atoms with Crippen molar-refractivity contribution in [3.8, 4) is 6.07 Å². The monoisotopic (exact) mass is 319 g/mol. The topological polar surface area (TPSA) is 73.3 Å². The van der Waals surface area contributed by atoms with E-state index in [9.17, 15) is 0 Å². The van der Waals surface area contributed by atoms with Crippen LogP contribution in [0, 0.1) is 18.3 Å². The lowest BCUT2D eigenvalue weighted by molar-refractivity contribution is 0.641. The van der Waals surface area contributed by atoms with E-state index in [1.54, 1.807) is 12.3 Å². The van der Waals surface area contributed by atoms with Crippen molar-refractivity contribution in [3.05, 3.63) is 48.0 Å². The summed E-state index contributed by atoms with van der Waals surface area (Å²) in [5.41, 5.74) is 3.35. The number of hydrogen-bond acceptors (Lipinski definition) is 6. The molecule has 120 valence electrons. The molecule has 0 spiro atoms. The Morgan fingerprint density at radius 3 is 2.54 bits per heavy atom. The fourth-order valence-corrected chi connectivity index (χ4v) is 2.99. The van der Waals surface area contributed by atoms with Crippen molar-refractivity contribution < 1.29 is 0 Å². The molecule has 1 fully saturated rings. The van der Waals surface area contributed by atoms with Crippen molar-refractivity contribution in [1.82, 2.24) is 19.6 Å². The van der Waals surface area contributed by atoms with Crippen molar-refractivity contribution >= 4 is 17.2 Å². The molecular weight excluding hydrogens is 302 g/mol. The Balaban J connectivity index is 1.47. The minimum atomic E-state index is 0.450. The van der Waals surface area contributed by atoms with Gasteiger partial charge < -0.3 is 9.80 Å². The summed E-state index contributed by atoms with van der Waals surface area (Å²) < 4.78 is 1.83. The van der Waals surface area contributed by atoms with Gasteiger partial charge in [0, 0.05) is 26.2 Å². The second-order valence-corrected chi connectivity index (χ2v) is 5.86. The van der Waals surface area contributed by atoms with Crippen LogP contribution in [0.3, 0.4) is 0 Å². The Hall–Kier alpha value is -3.14. The molecule has 7 nitrogen and oxygen atoms in total. The zero-order chi connectivity index (χ0) is 16.5. The van der Waals surface area contributed by atoms with Crippen LogP contribution in [0.4, 0.5) is 11.5 Å². The fraction of sp³-hybridized carbons (Fsp3) is 0.294. The number of aryl methyl sites for hydroxylation is 1. The Morgan fingerprint density at radius 2 is 1.83 bits per heavy atom. The third kappa shape index (κ3) is 2.63. The highest BCUT2D eigenvalue weighted by atomic mass is 15.4. The molecule has 0 saturated carbocycles. The highest BCUT2D eigenvalue weighted by molar-refractivity contribution is 5.50. The number of imidazole rings is 1. The van der Waals surface area contributed by atoms with Gasteiger partial charge in [-0.25, -0.2) is 14.5 Å². The summed E-state index contributed by atoms with van der Waals surface area (Å²) in [5, 5.41) is 13.5. The average Bonchev–Trinajstić information content (AvgIpc) is 3.01. The number of anilines is 2. The van der Waals surface area contributed by atoms with Gasteiger partial charge >= 0.3 is 0 Å². The minimum absolute atomic E-state index is 0.450. The normalized spacial score (nSPS) is 14.8. The second-order valence-electron chi connectivity index (χ2n) is 5.86. The number of rotatable bonds is 2. The Bertz CT molecular complexity index is 899. The SMILES string of the molecule is Cc1cn2nc(N3CCN(c4ccc(C#N)nc4)CC3)ccc2n1. The largest absolute Gasteiger partial charge is 0.367 e. The molecule has 0 aromatic carbocycles. The highest BCUT2D eigenvalue weighted by Gasteiger charge is 2.19. The van der Waals surface area contributed by atoms with E-state index in [4.69, 9.17) is 5.26 Å². The van der Waals surface area contributed by atoms with E-state index in [1.807, 2.05) is 41.9 Å². The van der Waals surface area contributed by atoms with Gasteiger partial charge in [0.15, 0.2) is 5.65 Å². The van der Waals surface area contributed by atoms with Gasteiger partial charge in [0.05, 0.1) is 23.8 Å². The zero-order valence-electron chi connectivity index (χ0n) is 13.4. The number of hydrogen-bond donors (Lipinski definition) is 0. The molecular formula is C17H17N7. The minimum Gasteiger partial charge on any atom is -0.367 e. The number of piperazine rings is 1. The molecule has 0 unspecified atom stereocenters. The first kappa shape index (κ1) is 14.5. The smallest absolute Gasteiger partial charge is 0.153 e. The third-order valence-electron chi connectivity index (χ3n) is 4.26. The van der Waals surface area contributed by atoms with Gasteiger partial charge in [-0.3, -0.25) is 0 Å². The molecule has 24 heavy (non-hydrogen) atoms. The molecule has 1 aliphatic rings. The van der Waals surface area contributed by atoms with Gasteiger partial charge in [0.25, 0.3) is 0 Å². The summed E-state index contributed by atoms with van der Waals surface area (Å²) >= 11 is 0. The maximum Gasteiger partial charge on any atom is 0.153 e. The summed E-state index contributed by atoms with van der Waals surface area (Å²) in [4.78, 5) is 13.1. The maximum atomic E-state index is 8.83. The molecule has 0 N–H and O–H groups in total. The molecule has 7 heteroatoms. The standard InChI is InChI=1S/C17H17N7/c1-13-12-24-16(20-13)4-5-17(21-24)23-8-6-22(7-9-23)15-3-2-14(10-18)19-11-15/h2-5,11-12H,6-9H2,1H3. The highest BCUT2D eigenvalue weighted by Crippen LogP contribution is 2.19. The van der Waals surface area contributed by atoms with Crippen LogP contribution < -0.4 is 9.80 Å². The molecule has 4 heterocycles. The van der Waals surface area contributed by atoms with Crippen LogP contribution in [-0.4, -0.2) is 45.8 Å². The van der Waals surface area contributed by atoms with E-state index < -0.39 is 0 Å². The van der Waals surface area contributed by atoms with E-state index in [0.717, 1.165) is 49.0 Å². The lowest BCUT2D eigenvalue weighted by Gasteiger charge is -2.36. The zero-order valence-corrected chi connectivity index (χ0v) is 13.4.